The molecule has 106 valence electrons. The molecule has 0 aromatic heterocycles. The number of aryl methyl sites for hydroxylation is 1. The van der Waals surface area contributed by atoms with Crippen LogP contribution in [-0.4, -0.2) is 17.8 Å². The summed E-state index contributed by atoms with van der Waals surface area (Å²) in [6.07, 6.45) is 5.42. The second kappa shape index (κ2) is 7.06. The van der Waals surface area contributed by atoms with Gasteiger partial charge in [0.2, 0.25) is 0 Å². The monoisotopic (exact) mass is 261 g/mol. The third-order valence-electron chi connectivity index (χ3n) is 4.24. The fourth-order valence-electron chi connectivity index (χ4n) is 2.96. The number of aliphatic hydroxyl groups excluding tert-OH is 1. The lowest BCUT2D eigenvalue weighted by molar-refractivity contribution is 0.177. The quantitative estimate of drug-likeness (QED) is 0.822. The molecule has 0 spiro atoms. The summed E-state index contributed by atoms with van der Waals surface area (Å²) in [4.78, 5) is 0. The van der Waals surface area contributed by atoms with Crippen molar-refractivity contribution in [3.8, 4) is 0 Å². The number of aliphatic hydroxyl groups is 1. The van der Waals surface area contributed by atoms with Gasteiger partial charge in [-0.15, -0.1) is 0 Å². The molecule has 2 N–H and O–H groups in total. The van der Waals surface area contributed by atoms with Crippen LogP contribution >= 0.6 is 0 Å². The largest absolute Gasteiger partial charge is 0.393 e. The minimum atomic E-state index is -0.0598. The summed E-state index contributed by atoms with van der Waals surface area (Å²) in [6.45, 7) is 5.46. The van der Waals surface area contributed by atoms with Crippen molar-refractivity contribution < 1.29 is 5.11 Å². The summed E-state index contributed by atoms with van der Waals surface area (Å²) in [5.41, 5.74) is 2.79. The van der Waals surface area contributed by atoms with Gasteiger partial charge in [-0.3, -0.25) is 0 Å². The van der Waals surface area contributed by atoms with Crippen molar-refractivity contribution in [2.45, 2.75) is 58.1 Å². The summed E-state index contributed by atoms with van der Waals surface area (Å²) >= 11 is 0. The van der Waals surface area contributed by atoms with E-state index < -0.39 is 0 Å². The van der Waals surface area contributed by atoms with Crippen LogP contribution in [0.4, 0.5) is 0 Å². The van der Waals surface area contributed by atoms with Crippen molar-refractivity contribution >= 4 is 0 Å². The van der Waals surface area contributed by atoms with Gasteiger partial charge in [-0.25, -0.2) is 0 Å². The van der Waals surface area contributed by atoms with Gasteiger partial charge in [0.1, 0.15) is 0 Å². The number of nitrogens with one attached hydrogen (secondary N) is 1. The molecular formula is C17H27NO. The fourth-order valence-corrected chi connectivity index (χ4v) is 2.96. The van der Waals surface area contributed by atoms with Crippen molar-refractivity contribution in [3.63, 3.8) is 0 Å². The van der Waals surface area contributed by atoms with Gasteiger partial charge < -0.3 is 10.4 Å². The average molecular weight is 261 g/mol. The molecular weight excluding hydrogens is 234 g/mol. The van der Waals surface area contributed by atoms with Crippen LogP contribution in [0, 0.1) is 5.92 Å². The minimum absolute atomic E-state index is 0.0598. The Labute approximate surface area is 117 Å². The van der Waals surface area contributed by atoms with Crippen LogP contribution < -0.4 is 5.32 Å². The fraction of sp³-hybridized carbons (Fsp3) is 0.647. The first-order valence-electron chi connectivity index (χ1n) is 7.69. The normalized spacial score (nSPS) is 24.6. The molecule has 0 radical (unpaired) electrons. The van der Waals surface area contributed by atoms with Gasteiger partial charge in [0.25, 0.3) is 0 Å². The highest BCUT2D eigenvalue weighted by atomic mass is 16.3. The minimum Gasteiger partial charge on any atom is -0.393 e. The maximum Gasteiger partial charge on any atom is 0.0543 e. The van der Waals surface area contributed by atoms with Crippen molar-refractivity contribution in [2.24, 2.45) is 5.92 Å². The number of hydrogen-bond acceptors (Lipinski definition) is 2. The molecule has 0 saturated heterocycles. The standard InChI is InChI=1S/C17H27NO/c1-3-4-14-5-8-16(9-6-14)13(2)18-12-15-7-10-17(19)11-15/h5-6,8-9,13,15,17-19H,3-4,7,10-12H2,1-2H3. The van der Waals surface area contributed by atoms with Gasteiger partial charge in [-0.2, -0.15) is 0 Å². The van der Waals surface area contributed by atoms with E-state index in [4.69, 9.17) is 0 Å². The van der Waals surface area contributed by atoms with E-state index in [2.05, 4.69) is 43.4 Å². The maximum absolute atomic E-state index is 9.54. The van der Waals surface area contributed by atoms with Crippen LogP contribution in [-0.2, 0) is 6.42 Å². The second-order valence-corrected chi connectivity index (χ2v) is 5.95. The molecule has 1 saturated carbocycles. The maximum atomic E-state index is 9.54. The lowest BCUT2D eigenvalue weighted by Gasteiger charge is -2.18. The summed E-state index contributed by atoms with van der Waals surface area (Å²) in [5.74, 6) is 0.650. The van der Waals surface area contributed by atoms with Gasteiger partial charge in [0.05, 0.1) is 6.10 Å². The predicted molar refractivity (Wildman–Crippen MR) is 80.2 cm³/mol. The molecule has 1 fully saturated rings. The summed E-state index contributed by atoms with van der Waals surface area (Å²) in [6, 6.07) is 9.37. The molecule has 0 aliphatic heterocycles. The van der Waals surface area contributed by atoms with E-state index in [0.717, 1.165) is 25.8 Å². The summed E-state index contributed by atoms with van der Waals surface area (Å²) < 4.78 is 0. The molecule has 3 atom stereocenters. The van der Waals surface area contributed by atoms with Gasteiger partial charge in [-0.1, -0.05) is 37.6 Å². The van der Waals surface area contributed by atoms with E-state index in [1.165, 1.54) is 24.0 Å². The van der Waals surface area contributed by atoms with E-state index >= 15 is 0 Å². The Morgan fingerprint density at radius 2 is 2.00 bits per heavy atom. The molecule has 1 aromatic carbocycles. The molecule has 1 aromatic rings. The first kappa shape index (κ1) is 14.5. The lowest BCUT2D eigenvalue weighted by Crippen LogP contribution is -2.25. The Hall–Kier alpha value is -0.860. The Bertz CT molecular complexity index is 373. The van der Waals surface area contributed by atoms with E-state index in [1.807, 2.05) is 0 Å². The Morgan fingerprint density at radius 3 is 2.58 bits per heavy atom. The van der Waals surface area contributed by atoms with Gasteiger partial charge >= 0.3 is 0 Å². The van der Waals surface area contributed by atoms with Crippen molar-refractivity contribution in [3.05, 3.63) is 35.4 Å². The molecule has 2 heteroatoms. The van der Waals surface area contributed by atoms with Crippen LogP contribution in [0.3, 0.4) is 0 Å². The molecule has 3 unspecified atom stereocenters. The van der Waals surface area contributed by atoms with Crippen LogP contribution in [0.1, 0.15) is 56.7 Å². The van der Waals surface area contributed by atoms with Crippen LogP contribution in [0.15, 0.2) is 24.3 Å². The van der Waals surface area contributed by atoms with E-state index in [-0.39, 0.29) is 6.10 Å². The highest BCUT2D eigenvalue weighted by molar-refractivity contribution is 5.24. The second-order valence-electron chi connectivity index (χ2n) is 5.95. The Balaban J connectivity index is 1.80. The van der Waals surface area contributed by atoms with Crippen molar-refractivity contribution in [2.75, 3.05) is 6.54 Å². The first-order valence-corrected chi connectivity index (χ1v) is 7.69. The molecule has 2 nitrogen and oxygen atoms in total. The predicted octanol–water partition coefficient (Wildman–Crippen LogP) is 3.45. The number of hydrogen-bond donors (Lipinski definition) is 2. The zero-order chi connectivity index (χ0) is 13.7. The molecule has 1 aliphatic rings. The zero-order valence-electron chi connectivity index (χ0n) is 12.2. The molecule has 0 heterocycles. The Kier molecular flexibility index (Phi) is 5.41. The lowest BCUT2D eigenvalue weighted by atomic mass is 10.0. The first-order chi connectivity index (χ1) is 9.19. The highest BCUT2D eigenvalue weighted by Gasteiger charge is 2.22. The molecule has 19 heavy (non-hydrogen) atoms. The summed E-state index contributed by atoms with van der Waals surface area (Å²) in [5, 5.41) is 13.1. The molecule has 1 aliphatic carbocycles. The molecule has 0 amide bonds. The van der Waals surface area contributed by atoms with E-state index in [9.17, 15) is 5.11 Å². The SMILES string of the molecule is CCCc1ccc(C(C)NCC2CCC(O)C2)cc1. The zero-order valence-corrected chi connectivity index (χ0v) is 12.2. The smallest absolute Gasteiger partial charge is 0.0543 e. The Morgan fingerprint density at radius 1 is 1.26 bits per heavy atom. The number of rotatable bonds is 6. The van der Waals surface area contributed by atoms with Gasteiger partial charge in [-0.05, 0) is 56.2 Å². The van der Waals surface area contributed by atoms with Crippen LogP contribution in [0.2, 0.25) is 0 Å². The summed E-state index contributed by atoms with van der Waals surface area (Å²) in [7, 11) is 0. The number of benzene rings is 1. The third kappa shape index (κ3) is 4.32. The van der Waals surface area contributed by atoms with E-state index in [1.54, 1.807) is 0 Å². The molecule has 0 bridgehead atoms. The topological polar surface area (TPSA) is 32.3 Å². The van der Waals surface area contributed by atoms with Crippen LogP contribution in [0.25, 0.3) is 0 Å². The highest BCUT2D eigenvalue weighted by Crippen LogP contribution is 2.25. The molecule has 2 rings (SSSR count). The van der Waals surface area contributed by atoms with Crippen molar-refractivity contribution in [1.82, 2.24) is 5.32 Å². The van der Waals surface area contributed by atoms with Gasteiger partial charge in [0.15, 0.2) is 0 Å². The average Bonchev–Trinajstić information content (AvgIpc) is 2.83. The third-order valence-corrected chi connectivity index (χ3v) is 4.24. The van der Waals surface area contributed by atoms with Crippen molar-refractivity contribution in [1.29, 1.82) is 0 Å². The van der Waals surface area contributed by atoms with E-state index in [0.29, 0.717) is 12.0 Å². The van der Waals surface area contributed by atoms with Gasteiger partial charge in [0, 0.05) is 6.04 Å². The van der Waals surface area contributed by atoms with Crippen LogP contribution in [0.5, 0.6) is 0 Å².